The lowest BCUT2D eigenvalue weighted by atomic mass is 10.2. The van der Waals surface area contributed by atoms with Crippen LogP contribution in [0.15, 0.2) is 28.6 Å². The molecular weight excluding hydrogens is 449 g/mol. The second-order valence-corrected chi connectivity index (χ2v) is 11.0. The zero-order valence-electron chi connectivity index (χ0n) is 15.9. The Bertz CT molecular complexity index is 977. The minimum atomic E-state index is -4.65. The smallest absolute Gasteiger partial charge is 0.299 e. The van der Waals surface area contributed by atoms with E-state index in [1.807, 2.05) is 13.8 Å². The van der Waals surface area contributed by atoms with Gasteiger partial charge in [-0.25, -0.2) is 8.42 Å². The summed E-state index contributed by atoms with van der Waals surface area (Å²) in [6, 6.07) is 2.47. The molecule has 2 rings (SSSR count). The van der Waals surface area contributed by atoms with Crippen molar-refractivity contribution >= 4 is 49.8 Å². The average molecular weight is 469 g/mol. The monoisotopic (exact) mass is 468 g/mol. The van der Waals surface area contributed by atoms with Crippen LogP contribution in [0.25, 0.3) is 0 Å². The van der Waals surface area contributed by atoms with Crippen molar-refractivity contribution in [3.63, 3.8) is 0 Å². The van der Waals surface area contributed by atoms with Gasteiger partial charge in [-0.2, -0.15) is 13.2 Å². The van der Waals surface area contributed by atoms with Gasteiger partial charge in [0, 0.05) is 5.25 Å². The number of hydrogen-bond acceptors (Lipinski definition) is 7. The molecule has 1 atom stereocenters. The fourth-order valence-corrected chi connectivity index (χ4v) is 5.49. The van der Waals surface area contributed by atoms with Gasteiger partial charge in [-0.15, -0.1) is 10.2 Å². The van der Waals surface area contributed by atoms with Crippen molar-refractivity contribution in [1.82, 2.24) is 10.2 Å². The maximum absolute atomic E-state index is 13.0. The van der Waals surface area contributed by atoms with Crippen LogP contribution >= 0.6 is 23.1 Å². The van der Waals surface area contributed by atoms with E-state index in [1.54, 1.807) is 0 Å². The van der Waals surface area contributed by atoms with E-state index in [0.717, 1.165) is 29.7 Å². The van der Waals surface area contributed by atoms with E-state index in [4.69, 9.17) is 0 Å². The van der Waals surface area contributed by atoms with Crippen LogP contribution in [-0.4, -0.2) is 42.1 Å². The highest BCUT2D eigenvalue weighted by Crippen LogP contribution is 2.33. The number of thioether (sulfide) groups is 1. The first kappa shape index (κ1) is 23.4. The summed E-state index contributed by atoms with van der Waals surface area (Å²) >= 11 is 2.57. The Labute approximate surface area is 174 Å². The number of anilines is 2. The predicted octanol–water partition coefficient (Wildman–Crippen LogP) is 3.85. The van der Waals surface area contributed by atoms with E-state index >= 15 is 0 Å². The third-order valence-corrected chi connectivity index (χ3v) is 6.66. The van der Waals surface area contributed by atoms with Crippen LogP contribution in [0.5, 0.6) is 0 Å². The lowest BCUT2D eigenvalue weighted by Crippen LogP contribution is -2.45. The number of sulfonamides is 1. The number of halogens is 3. The molecule has 160 valence electrons. The molecule has 1 aromatic carbocycles. The molecule has 29 heavy (non-hydrogen) atoms. The highest BCUT2D eigenvalue weighted by Gasteiger charge is 2.34. The predicted molar refractivity (Wildman–Crippen MR) is 108 cm³/mol. The van der Waals surface area contributed by atoms with Gasteiger partial charge in [-0.1, -0.05) is 43.0 Å². The van der Waals surface area contributed by atoms with Crippen LogP contribution in [0.3, 0.4) is 0 Å². The number of nitrogens with zero attached hydrogens (tertiary/aromatic N) is 3. The average Bonchev–Trinajstić information content (AvgIpc) is 2.99. The standard InChI is InChI=1S/C16H19F3N4O3S3/c1-9(2)27-15-22-21-14(28-15)20-13(24)10(3)23(29(4,25)26)12-7-5-6-11(8-12)16(17,18)19/h5-10H,1-4H3,(H,20,21,24)/t10-/m1/s1. The first-order valence-corrected chi connectivity index (χ1v) is 11.8. The number of carbonyl (C=O) groups excluding carboxylic acids is 1. The number of aromatic nitrogens is 2. The summed E-state index contributed by atoms with van der Waals surface area (Å²) in [7, 11) is -4.06. The summed E-state index contributed by atoms with van der Waals surface area (Å²) in [5, 5.41) is 10.6. The fraction of sp³-hybridized carbons (Fsp3) is 0.438. The molecule has 2 aromatic rings. The number of nitrogens with one attached hydrogen (secondary N) is 1. The summed E-state index contributed by atoms with van der Waals surface area (Å²) in [5.74, 6) is -0.745. The molecule has 1 heterocycles. The van der Waals surface area contributed by atoms with Crippen LogP contribution in [0.2, 0.25) is 0 Å². The minimum absolute atomic E-state index is 0.169. The molecule has 0 bridgehead atoms. The second kappa shape index (κ2) is 8.88. The minimum Gasteiger partial charge on any atom is -0.299 e. The Balaban J connectivity index is 2.29. The van der Waals surface area contributed by atoms with E-state index in [9.17, 15) is 26.4 Å². The zero-order chi connectivity index (χ0) is 22.0. The topological polar surface area (TPSA) is 92.3 Å². The molecule has 1 N–H and O–H groups in total. The normalized spacial score (nSPS) is 13.4. The Morgan fingerprint density at radius 2 is 1.90 bits per heavy atom. The molecular formula is C16H19F3N4O3S3. The van der Waals surface area contributed by atoms with Crippen molar-refractivity contribution in [2.24, 2.45) is 0 Å². The van der Waals surface area contributed by atoms with Gasteiger partial charge in [-0.3, -0.25) is 14.4 Å². The largest absolute Gasteiger partial charge is 0.416 e. The van der Waals surface area contributed by atoms with Crippen molar-refractivity contribution in [2.45, 2.75) is 42.6 Å². The Hall–Kier alpha value is -1.86. The van der Waals surface area contributed by atoms with E-state index in [1.165, 1.54) is 24.8 Å². The van der Waals surface area contributed by atoms with Crippen molar-refractivity contribution in [3.8, 4) is 0 Å². The van der Waals surface area contributed by atoms with E-state index in [-0.39, 0.29) is 16.1 Å². The molecule has 13 heteroatoms. The lowest BCUT2D eigenvalue weighted by molar-refractivity contribution is -0.137. The highest BCUT2D eigenvalue weighted by molar-refractivity contribution is 8.01. The summed E-state index contributed by atoms with van der Waals surface area (Å²) < 4.78 is 64.8. The Kier molecular flexibility index (Phi) is 7.17. The molecule has 7 nitrogen and oxygen atoms in total. The van der Waals surface area contributed by atoms with Crippen molar-refractivity contribution in [3.05, 3.63) is 29.8 Å². The summed E-state index contributed by atoms with van der Waals surface area (Å²) in [4.78, 5) is 12.6. The lowest BCUT2D eigenvalue weighted by Gasteiger charge is -2.28. The van der Waals surface area contributed by atoms with E-state index in [2.05, 4.69) is 15.5 Å². The molecule has 1 amide bonds. The third-order valence-electron chi connectivity index (χ3n) is 3.49. The van der Waals surface area contributed by atoms with Crippen LogP contribution in [0.1, 0.15) is 26.3 Å². The van der Waals surface area contributed by atoms with Crippen LogP contribution in [0, 0.1) is 0 Å². The van der Waals surface area contributed by atoms with E-state index < -0.39 is 33.7 Å². The number of alkyl halides is 3. The van der Waals surface area contributed by atoms with Crippen LogP contribution in [-0.2, 0) is 21.0 Å². The quantitative estimate of drug-likeness (QED) is 0.490. The first-order valence-electron chi connectivity index (χ1n) is 8.26. The van der Waals surface area contributed by atoms with Gasteiger partial charge in [0.25, 0.3) is 0 Å². The number of carbonyl (C=O) groups is 1. The SMILES string of the molecule is CC(C)Sc1nnc(NC(=O)[C@@H](C)N(c2cccc(C(F)(F)F)c2)S(C)(=O)=O)s1. The molecule has 0 radical (unpaired) electrons. The summed E-state index contributed by atoms with van der Waals surface area (Å²) in [6.45, 7) is 5.21. The van der Waals surface area contributed by atoms with Crippen molar-refractivity contribution < 1.29 is 26.4 Å². The zero-order valence-corrected chi connectivity index (χ0v) is 18.3. The van der Waals surface area contributed by atoms with Crippen molar-refractivity contribution in [1.29, 1.82) is 0 Å². The maximum atomic E-state index is 13.0. The van der Waals surface area contributed by atoms with Crippen molar-refractivity contribution in [2.75, 3.05) is 15.9 Å². The summed E-state index contributed by atoms with van der Waals surface area (Å²) in [6.07, 6.45) is -3.83. The number of benzene rings is 1. The third kappa shape index (κ3) is 6.31. The van der Waals surface area contributed by atoms with E-state index in [0.29, 0.717) is 14.7 Å². The molecule has 0 aliphatic rings. The van der Waals surface area contributed by atoms with Gasteiger partial charge >= 0.3 is 6.18 Å². The van der Waals surface area contributed by atoms with Crippen LogP contribution < -0.4 is 9.62 Å². The van der Waals surface area contributed by atoms with Gasteiger partial charge in [0.1, 0.15) is 6.04 Å². The Morgan fingerprint density at radius 1 is 1.24 bits per heavy atom. The Morgan fingerprint density at radius 3 is 2.45 bits per heavy atom. The number of hydrogen-bond donors (Lipinski definition) is 1. The molecule has 0 saturated heterocycles. The van der Waals surface area contributed by atoms with Gasteiger partial charge in [0.15, 0.2) is 4.34 Å². The molecule has 0 spiro atoms. The molecule has 0 aliphatic heterocycles. The maximum Gasteiger partial charge on any atom is 0.416 e. The molecule has 0 fully saturated rings. The molecule has 0 unspecified atom stereocenters. The molecule has 1 aromatic heterocycles. The van der Waals surface area contributed by atoms with Gasteiger partial charge in [-0.05, 0) is 25.1 Å². The van der Waals surface area contributed by atoms with Gasteiger partial charge < -0.3 is 0 Å². The number of amides is 1. The van der Waals surface area contributed by atoms with Crippen LogP contribution in [0.4, 0.5) is 24.0 Å². The summed E-state index contributed by atoms with van der Waals surface area (Å²) in [5.41, 5.74) is -1.28. The molecule has 0 aliphatic carbocycles. The first-order chi connectivity index (χ1) is 13.3. The second-order valence-electron chi connectivity index (χ2n) is 6.31. The molecule has 0 saturated carbocycles. The van der Waals surface area contributed by atoms with Gasteiger partial charge in [0.05, 0.1) is 17.5 Å². The van der Waals surface area contributed by atoms with Gasteiger partial charge in [0.2, 0.25) is 21.1 Å². The highest BCUT2D eigenvalue weighted by atomic mass is 32.2. The fourth-order valence-electron chi connectivity index (χ4n) is 2.35. The number of rotatable bonds is 7.